The molecule has 0 spiro atoms. The molecule has 0 atom stereocenters. The summed E-state index contributed by atoms with van der Waals surface area (Å²) in [7, 11) is 0. The predicted molar refractivity (Wildman–Crippen MR) is 87.3 cm³/mol. The molecule has 0 aromatic heterocycles. The van der Waals surface area contributed by atoms with Crippen molar-refractivity contribution in [2.45, 2.75) is 13.0 Å². The van der Waals surface area contributed by atoms with E-state index >= 15 is 0 Å². The van der Waals surface area contributed by atoms with Crippen LogP contribution in [-0.2, 0) is 6.54 Å². The lowest BCUT2D eigenvalue weighted by molar-refractivity contribution is 0.201. The van der Waals surface area contributed by atoms with Crippen molar-refractivity contribution in [3.63, 3.8) is 0 Å². The number of ether oxygens (including phenoxy) is 1. The van der Waals surface area contributed by atoms with Crippen LogP contribution in [0.1, 0.15) is 12.0 Å². The van der Waals surface area contributed by atoms with E-state index < -0.39 is 0 Å². The first kappa shape index (κ1) is 15.5. The molecule has 0 heterocycles. The molecular formula is C18H24N2O. The van der Waals surface area contributed by atoms with E-state index in [2.05, 4.69) is 29.2 Å². The summed E-state index contributed by atoms with van der Waals surface area (Å²) in [5.41, 5.74) is 6.96. The molecule has 3 heteroatoms. The average molecular weight is 284 g/mol. The first-order valence-electron chi connectivity index (χ1n) is 7.52. The molecule has 0 radical (unpaired) electrons. The highest BCUT2D eigenvalue weighted by Gasteiger charge is 2.06. The average Bonchev–Trinajstić information content (AvgIpc) is 2.54. The quantitative estimate of drug-likeness (QED) is 0.769. The van der Waals surface area contributed by atoms with Crippen molar-refractivity contribution in [3.8, 4) is 5.75 Å². The van der Waals surface area contributed by atoms with Gasteiger partial charge in [0.25, 0.3) is 0 Å². The molecule has 2 aromatic carbocycles. The van der Waals surface area contributed by atoms with Gasteiger partial charge in [-0.25, -0.2) is 0 Å². The Morgan fingerprint density at radius 2 is 1.52 bits per heavy atom. The minimum Gasteiger partial charge on any atom is -0.492 e. The van der Waals surface area contributed by atoms with Crippen LogP contribution in [0.3, 0.4) is 0 Å². The molecular weight excluding hydrogens is 260 g/mol. The van der Waals surface area contributed by atoms with Crippen LogP contribution in [0.15, 0.2) is 60.7 Å². The Balaban J connectivity index is 1.81. The van der Waals surface area contributed by atoms with E-state index in [4.69, 9.17) is 10.5 Å². The first-order chi connectivity index (χ1) is 10.4. The molecule has 0 saturated carbocycles. The fourth-order valence-corrected chi connectivity index (χ4v) is 2.24. The van der Waals surface area contributed by atoms with Crippen molar-refractivity contribution in [2.75, 3.05) is 26.2 Å². The maximum atomic E-state index is 5.78. The molecule has 112 valence electrons. The van der Waals surface area contributed by atoms with Crippen molar-refractivity contribution in [3.05, 3.63) is 66.2 Å². The number of nitrogens with two attached hydrogens (primary N) is 1. The van der Waals surface area contributed by atoms with E-state index in [9.17, 15) is 0 Å². The molecule has 2 aromatic rings. The Bertz CT molecular complexity index is 487. The molecule has 0 aliphatic heterocycles. The molecule has 0 fully saturated rings. The normalized spacial score (nSPS) is 10.8. The lowest BCUT2D eigenvalue weighted by Crippen LogP contribution is -2.30. The van der Waals surface area contributed by atoms with Gasteiger partial charge in [0, 0.05) is 13.1 Å². The van der Waals surface area contributed by atoms with Crippen molar-refractivity contribution in [1.82, 2.24) is 4.90 Å². The molecule has 2 N–H and O–H groups in total. The van der Waals surface area contributed by atoms with Crippen LogP contribution >= 0.6 is 0 Å². The van der Waals surface area contributed by atoms with Crippen LogP contribution in [0, 0.1) is 0 Å². The van der Waals surface area contributed by atoms with E-state index in [1.165, 1.54) is 5.56 Å². The lowest BCUT2D eigenvalue weighted by atomic mass is 10.2. The van der Waals surface area contributed by atoms with Gasteiger partial charge in [0.1, 0.15) is 12.4 Å². The standard InChI is InChI=1S/C18H24N2O/c19-12-7-13-20(16-17-8-3-1-4-9-17)14-15-21-18-10-5-2-6-11-18/h1-6,8-11H,7,12-16,19H2. The summed E-state index contributed by atoms with van der Waals surface area (Å²) in [4.78, 5) is 2.39. The summed E-state index contributed by atoms with van der Waals surface area (Å²) >= 11 is 0. The lowest BCUT2D eigenvalue weighted by Gasteiger charge is -2.22. The molecule has 0 unspecified atom stereocenters. The van der Waals surface area contributed by atoms with Gasteiger partial charge in [-0.1, -0.05) is 48.5 Å². The molecule has 0 amide bonds. The fourth-order valence-electron chi connectivity index (χ4n) is 2.24. The highest BCUT2D eigenvalue weighted by atomic mass is 16.5. The summed E-state index contributed by atoms with van der Waals surface area (Å²) in [5.74, 6) is 0.927. The summed E-state index contributed by atoms with van der Waals surface area (Å²) in [6.07, 6.45) is 1.01. The zero-order chi connectivity index (χ0) is 14.8. The minimum atomic E-state index is 0.696. The molecule has 2 rings (SSSR count). The van der Waals surface area contributed by atoms with Crippen LogP contribution in [0.5, 0.6) is 5.75 Å². The van der Waals surface area contributed by atoms with Crippen molar-refractivity contribution >= 4 is 0 Å². The van der Waals surface area contributed by atoms with Crippen LogP contribution < -0.4 is 10.5 Å². The monoisotopic (exact) mass is 284 g/mol. The highest BCUT2D eigenvalue weighted by molar-refractivity contribution is 5.20. The van der Waals surface area contributed by atoms with Gasteiger partial charge < -0.3 is 10.5 Å². The third-order valence-corrected chi connectivity index (χ3v) is 3.35. The second-order valence-corrected chi connectivity index (χ2v) is 5.07. The Morgan fingerprint density at radius 1 is 0.857 bits per heavy atom. The highest BCUT2D eigenvalue weighted by Crippen LogP contribution is 2.09. The molecule has 0 aliphatic carbocycles. The summed E-state index contributed by atoms with van der Waals surface area (Å²) in [6.45, 7) is 4.28. The van der Waals surface area contributed by atoms with Crippen LogP contribution in [0.25, 0.3) is 0 Å². The van der Waals surface area contributed by atoms with Gasteiger partial charge in [-0.3, -0.25) is 4.90 Å². The smallest absolute Gasteiger partial charge is 0.119 e. The van der Waals surface area contributed by atoms with Crippen molar-refractivity contribution in [2.24, 2.45) is 5.73 Å². The maximum Gasteiger partial charge on any atom is 0.119 e. The van der Waals surface area contributed by atoms with Gasteiger partial charge in [-0.15, -0.1) is 0 Å². The molecule has 21 heavy (non-hydrogen) atoms. The first-order valence-corrected chi connectivity index (χ1v) is 7.52. The SMILES string of the molecule is NCCCN(CCOc1ccccc1)Cc1ccccc1. The second kappa shape index (κ2) is 9.16. The third-order valence-electron chi connectivity index (χ3n) is 3.35. The zero-order valence-corrected chi connectivity index (χ0v) is 12.4. The van der Waals surface area contributed by atoms with Gasteiger partial charge >= 0.3 is 0 Å². The molecule has 0 saturated heterocycles. The number of hydrogen-bond acceptors (Lipinski definition) is 3. The number of hydrogen-bond donors (Lipinski definition) is 1. The summed E-state index contributed by atoms with van der Waals surface area (Å²) in [5, 5.41) is 0. The maximum absolute atomic E-state index is 5.78. The van der Waals surface area contributed by atoms with E-state index in [1.54, 1.807) is 0 Å². The van der Waals surface area contributed by atoms with E-state index in [0.717, 1.165) is 38.3 Å². The van der Waals surface area contributed by atoms with E-state index in [1.807, 2.05) is 36.4 Å². The number of nitrogens with zero attached hydrogens (tertiary/aromatic N) is 1. The minimum absolute atomic E-state index is 0.696. The molecule has 3 nitrogen and oxygen atoms in total. The number of para-hydroxylation sites is 1. The van der Waals surface area contributed by atoms with Crippen molar-refractivity contribution in [1.29, 1.82) is 0 Å². The third kappa shape index (κ3) is 5.98. The molecule has 0 bridgehead atoms. The van der Waals surface area contributed by atoms with Gasteiger partial charge in [0.05, 0.1) is 0 Å². The van der Waals surface area contributed by atoms with Crippen LogP contribution in [0.2, 0.25) is 0 Å². The summed E-state index contributed by atoms with van der Waals surface area (Å²) < 4.78 is 5.78. The van der Waals surface area contributed by atoms with Gasteiger partial charge in [0.15, 0.2) is 0 Å². The number of benzene rings is 2. The van der Waals surface area contributed by atoms with E-state index in [0.29, 0.717) is 6.61 Å². The van der Waals surface area contributed by atoms with Gasteiger partial charge in [-0.2, -0.15) is 0 Å². The Kier molecular flexibility index (Phi) is 6.78. The Hall–Kier alpha value is -1.84. The Labute approximate surface area is 127 Å². The molecule has 0 aliphatic rings. The van der Waals surface area contributed by atoms with Crippen LogP contribution in [-0.4, -0.2) is 31.1 Å². The second-order valence-electron chi connectivity index (χ2n) is 5.07. The topological polar surface area (TPSA) is 38.5 Å². The van der Waals surface area contributed by atoms with Crippen LogP contribution in [0.4, 0.5) is 0 Å². The van der Waals surface area contributed by atoms with E-state index in [-0.39, 0.29) is 0 Å². The van der Waals surface area contributed by atoms with Gasteiger partial charge in [-0.05, 0) is 37.2 Å². The van der Waals surface area contributed by atoms with Gasteiger partial charge in [0.2, 0.25) is 0 Å². The van der Waals surface area contributed by atoms with Crippen molar-refractivity contribution < 1.29 is 4.74 Å². The Morgan fingerprint density at radius 3 is 2.19 bits per heavy atom. The predicted octanol–water partition coefficient (Wildman–Crippen LogP) is 2.92. The zero-order valence-electron chi connectivity index (χ0n) is 12.4. The summed E-state index contributed by atoms with van der Waals surface area (Å²) in [6, 6.07) is 20.5. The number of rotatable bonds is 9. The largest absolute Gasteiger partial charge is 0.492 e. The fraction of sp³-hybridized carbons (Fsp3) is 0.333.